The molecular formula is C43H28N6O2. The summed E-state index contributed by atoms with van der Waals surface area (Å²) in [6.45, 7) is 0. The summed E-state index contributed by atoms with van der Waals surface area (Å²) in [5, 5.41) is 18.4. The molecular weight excluding hydrogens is 633 g/mol. The summed E-state index contributed by atoms with van der Waals surface area (Å²) in [4.78, 5) is 7.08. The van der Waals surface area contributed by atoms with Crippen LogP contribution in [-0.2, 0) is 0 Å². The van der Waals surface area contributed by atoms with Gasteiger partial charge in [0.1, 0.15) is 0 Å². The van der Waals surface area contributed by atoms with Crippen molar-refractivity contribution in [2.75, 3.05) is 4.90 Å². The van der Waals surface area contributed by atoms with Gasteiger partial charge in [0.15, 0.2) is 0 Å². The van der Waals surface area contributed by atoms with Gasteiger partial charge in [-0.3, -0.25) is 0 Å². The van der Waals surface area contributed by atoms with Crippen LogP contribution in [0.1, 0.15) is 0 Å². The number of benzene rings is 6. The molecule has 0 unspecified atom stereocenters. The quantitative estimate of drug-likeness (QED) is 0.159. The van der Waals surface area contributed by atoms with Crippen molar-refractivity contribution in [2.45, 2.75) is 0 Å². The molecule has 0 aliphatic rings. The Hall–Kier alpha value is -7.19. The maximum Gasteiger partial charge on any atom is 0.248 e. The molecule has 51 heavy (non-hydrogen) atoms. The van der Waals surface area contributed by atoms with Gasteiger partial charge < -0.3 is 13.7 Å². The Morgan fingerprint density at radius 3 is 1.37 bits per heavy atom. The van der Waals surface area contributed by atoms with Crippen molar-refractivity contribution in [1.29, 1.82) is 0 Å². The third-order valence-corrected chi connectivity index (χ3v) is 8.65. The summed E-state index contributed by atoms with van der Waals surface area (Å²) >= 11 is 0. The molecule has 0 N–H and O–H groups in total. The Kier molecular flexibility index (Phi) is 7.64. The van der Waals surface area contributed by atoms with E-state index in [9.17, 15) is 0 Å². The van der Waals surface area contributed by atoms with Crippen molar-refractivity contribution in [3.8, 4) is 57.1 Å². The van der Waals surface area contributed by atoms with Gasteiger partial charge in [0.2, 0.25) is 23.6 Å². The first-order chi connectivity index (χ1) is 25.3. The van der Waals surface area contributed by atoms with Crippen molar-refractivity contribution < 1.29 is 8.83 Å². The van der Waals surface area contributed by atoms with E-state index < -0.39 is 0 Å². The molecule has 8 nitrogen and oxygen atoms in total. The summed E-state index contributed by atoms with van der Waals surface area (Å²) < 4.78 is 12.4. The lowest BCUT2D eigenvalue weighted by Crippen LogP contribution is -2.09. The van der Waals surface area contributed by atoms with E-state index in [1.165, 1.54) is 0 Å². The number of rotatable bonds is 8. The summed E-state index contributed by atoms with van der Waals surface area (Å²) in [5.41, 5.74) is 9.07. The number of nitrogens with zero attached hydrogens (tertiary/aromatic N) is 6. The second kappa shape index (κ2) is 13.0. The minimum absolute atomic E-state index is 0.407. The Balaban J connectivity index is 0.959. The average Bonchev–Trinajstić information content (AvgIpc) is 3.91. The zero-order chi connectivity index (χ0) is 34.0. The molecule has 242 valence electrons. The van der Waals surface area contributed by atoms with Gasteiger partial charge >= 0.3 is 0 Å². The lowest BCUT2D eigenvalue weighted by molar-refractivity contribution is 0.583. The molecule has 0 saturated carbocycles. The molecule has 0 bridgehead atoms. The van der Waals surface area contributed by atoms with E-state index in [0.29, 0.717) is 23.6 Å². The van der Waals surface area contributed by atoms with Gasteiger partial charge in [0.25, 0.3) is 0 Å². The highest BCUT2D eigenvalue weighted by atomic mass is 16.4. The van der Waals surface area contributed by atoms with Crippen molar-refractivity contribution in [3.05, 3.63) is 170 Å². The molecule has 0 aliphatic carbocycles. The molecule has 0 spiro atoms. The Morgan fingerprint density at radius 1 is 0.373 bits per heavy atom. The minimum atomic E-state index is 0.407. The van der Waals surface area contributed by atoms with E-state index in [0.717, 1.165) is 61.5 Å². The van der Waals surface area contributed by atoms with E-state index in [1.807, 2.05) is 133 Å². The van der Waals surface area contributed by atoms with E-state index in [-0.39, 0.29) is 0 Å². The molecule has 9 rings (SSSR count). The second-order valence-electron chi connectivity index (χ2n) is 11.9. The molecule has 0 radical (unpaired) electrons. The van der Waals surface area contributed by atoms with Crippen molar-refractivity contribution >= 4 is 28.0 Å². The SMILES string of the molecule is c1ccc(-c2cc(-c3nnc(-c4ccc(-c5nnc(-c6ccc(N(c7ccccc7)c7ccccc7)cc6)o5)cc4)o3)c3ccccc3n2)cc1. The van der Waals surface area contributed by atoms with Crippen LogP contribution in [0.25, 0.3) is 68.0 Å². The van der Waals surface area contributed by atoms with Crippen LogP contribution >= 0.6 is 0 Å². The fourth-order valence-electron chi connectivity index (χ4n) is 6.12. The van der Waals surface area contributed by atoms with Crippen LogP contribution in [-0.4, -0.2) is 25.4 Å². The van der Waals surface area contributed by atoms with Crippen molar-refractivity contribution in [1.82, 2.24) is 25.4 Å². The monoisotopic (exact) mass is 660 g/mol. The van der Waals surface area contributed by atoms with Crippen molar-refractivity contribution in [3.63, 3.8) is 0 Å². The van der Waals surface area contributed by atoms with E-state index in [4.69, 9.17) is 13.8 Å². The predicted octanol–water partition coefficient (Wildman–Crippen LogP) is 10.8. The van der Waals surface area contributed by atoms with Gasteiger partial charge in [-0.25, -0.2) is 4.98 Å². The van der Waals surface area contributed by atoms with Crippen LogP contribution < -0.4 is 4.90 Å². The molecule has 3 aromatic heterocycles. The molecule has 0 aliphatic heterocycles. The molecule has 0 amide bonds. The Labute approximate surface area is 293 Å². The highest BCUT2D eigenvalue weighted by Gasteiger charge is 2.18. The van der Waals surface area contributed by atoms with E-state index in [2.05, 4.69) is 61.7 Å². The molecule has 6 aromatic carbocycles. The number of fused-ring (bicyclic) bond motifs is 1. The third-order valence-electron chi connectivity index (χ3n) is 8.65. The number of hydrogen-bond donors (Lipinski definition) is 0. The first-order valence-corrected chi connectivity index (χ1v) is 16.5. The van der Waals surface area contributed by atoms with Gasteiger partial charge in [-0.15, -0.1) is 20.4 Å². The highest BCUT2D eigenvalue weighted by molar-refractivity contribution is 5.94. The lowest BCUT2D eigenvalue weighted by atomic mass is 10.0. The predicted molar refractivity (Wildman–Crippen MR) is 199 cm³/mol. The van der Waals surface area contributed by atoms with Crippen molar-refractivity contribution in [2.24, 2.45) is 0 Å². The number of aromatic nitrogens is 5. The van der Waals surface area contributed by atoms with Crippen LogP contribution in [0.15, 0.2) is 179 Å². The van der Waals surface area contributed by atoms with Crippen LogP contribution in [0.3, 0.4) is 0 Å². The molecule has 0 atom stereocenters. The average molecular weight is 661 g/mol. The smallest absolute Gasteiger partial charge is 0.248 e. The standard InChI is InChI=1S/C43H28N6O2/c1-4-12-29(13-5-1)39-28-37(36-18-10-11-19-38(36)44-39)43-48-47-42(51-43)31-22-20-30(21-23-31)40-45-46-41(50-40)32-24-26-35(27-25-32)49(33-14-6-2-7-15-33)34-16-8-3-9-17-34/h1-28H. The first kappa shape index (κ1) is 29.9. The molecule has 0 fully saturated rings. The lowest BCUT2D eigenvalue weighted by Gasteiger charge is -2.25. The zero-order valence-corrected chi connectivity index (χ0v) is 27.2. The first-order valence-electron chi connectivity index (χ1n) is 16.5. The number of hydrogen-bond acceptors (Lipinski definition) is 8. The summed E-state index contributed by atoms with van der Waals surface area (Å²) in [7, 11) is 0. The molecule has 8 heteroatoms. The van der Waals surface area contributed by atoms with Crippen LogP contribution in [0.5, 0.6) is 0 Å². The topological polar surface area (TPSA) is 94.0 Å². The minimum Gasteiger partial charge on any atom is -0.416 e. The fourth-order valence-corrected chi connectivity index (χ4v) is 6.12. The fraction of sp³-hybridized carbons (Fsp3) is 0. The Bertz CT molecular complexity index is 2530. The normalized spacial score (nSPS) is 11.1. The maximum absolute atomic E-state index is 6.24. The number of pyridine rings is 1. The van der Waals surface area contributed by atoms with Gasteiger partial charge in [-0.1, -0.05) is 84.9 Å². The van der Waals surface area contributed by atoms with E-state index in [1.54, 1.807) is 0 Å². The zero-order valence-electron chi connectivity index (χ0n) is 27.2. The molecule has 0 saturated heterocycles. The van der Waals surface area contributed by atoms with Crippen LogP contribution in [0, 0.1) is 0 Å². The van der Waals surface area contributed by atoms with Gasteiger partial charge in [-0.2, -0.15) is 0 Å². The van der Waals surface area contributed by atoms with Gasteiger partial charge in [0.05, 0.1) is 16.8 Å². The van der Waals surface area contributed by atoms with Crippen LogP contribution in [0.2, 0.25) is 0 Å². The van der Waals surface area contributed by atoms with Gasteiger partial charge in [0, 0.05) is 44.7 Å². The maximum atomic E-state index is 6.24. The number of para-hydroxylation sites is 3. The highest BCUT2D eigenvalue weighted by Crippen LogP contribution is 2.36. The molecule has 3 heterocycles. The van der Waals surface area contributed by atoms with E-state index >= 15 is 0 Å². The molecule has 9 aromatic rings. The Morgan fingerprint density at radius 2 is 0.804 bits per heavy atom. The number of anilines is 3. The second-order valence-corrected chi connectivity index (χ2v) is 11.9. The summed E-state index contributed by atoms with van der Waals surface area (Å²) in [6.07, 6.45) is 0. The summed E-state index contributed by atoms with van der Waals surface area (Å²) in [6, 6.07) is 56.4. The van der Waals surface area contributed by atoms with Gasteiger partial charge in [-0.05, 0) is 84.9 Å². The summed E-state index contributed by atoms with van der Waals surface area (Å²) in [5.74, 6) is 1.68. The third kappa shape index (κ3) is 5.91. The largest absolute Gasteiger partial charge is 0.416 e. The van der Waals surface area contributed by atoms with Crippen LogP contribution in [0.4, 0.5) is 17.1 Å².